The molecule has 1 aliphatic heterocycles. The fraction of sp³-hybridized carbons (Fsp3) is 0.333. The SMILES string of the molecule is Cc1noc(C)c1-c1cc(I)c2nc(C3COC3)[nH]c2c1. The summed E-state index contributed by atoms with van der Waals surface area (Å²) in [6.45, 7) is 5.42. The number of imidazole rings is 1. The number of hydrogen-bond acceptors (Lipinski definition) is 4. The molecule has 108 valence electrons. The third-order valence-electron chi connectivity index (χ3n) is 3.91. The van der Waals surface area contributed by atoms with Crippen molar-refractivity contribution in [1.29, 1.82) is 0 Å². The highest BCUT2D eigenvalue weighted by Gasteiger charge is 2.24. The minimum atomic E-state index is 0.399. The molecular formula is C15H14IN3O2. The van der Waals surface area contributed by atoms with E-state index in [-0.39, 0.29) is 0 Å². The summed E-state index contributed by atoms with van der Waals surface area (Å²) in [5, 5.41) is 4.04. The minimum absolute atomic E-state index is 0.399. The first-order valence-corrected chi connectivity index (χ1v) is 7.91. The molecule has 0 amide bonds. The van der Waals surface area contributed by atoms with Gasteiger partial charge in [0.15, 0.2) is 0 Å². The number of hydrogen-bond donors (Lipinski definition) is 1. The number of aryl methyl sites for hydroxylation is 2. The second-order valence-corrected chi connectivity index (χ2v) is 6.57. The number of nitrogens with zero attached hydrogens (tertiary/aromatic N) is 2. The molecular weight excluding hydrogens is 381 g/mol. The van der Waals surface area contributed by atoms with Crippen molar-refractivity contribution in [2.45, 2.75) is 19.8 Å². The van der Waals surface area contributed by atoms with E-state index >= 15 is 0 Å². The quantitative estimate of drug-likeness (QED) is 0.675. The molecule has 0 spiro atoms. The highest BCUT2D eigenvalue weighted by molar-refractivity contribution is 14.1. The Morgan fingerprint density at radius 2 is 2.10 bits per heavy atom. The van der Waals surface area contributed by atoms with Crippen LogP contribution in [0, 0.1) is 17.4 Å². The van der Waals surface area contributed by atoms with Gasteiger partial charge in [-0.15, -0.1) is 0 Å². The molecule has 3 aromatic rings. The Kier molecular flexibility index (Phi) is 3.04. The largest absolute Gasteiger partial charge is 0.380 e. The highest BCUT2D eigenvalue weighted by atomic mass is 127. The molecule has 3 heterocycles. The van der Waals surface area contributed by atoms with Crippen LogP contribution < -0.4 is 0 Å². The van der Waals surface area contributed by atoms with Crippen molar-refractivity contribution < 1.29 is 9.26 Å². The highest BCUT2D eigenvalue weighted by Crippen LogP contribution is 2.33. The lowest BCUT2D eigenvalue weighted by molar-refractivity contribution is 0.00531. The van der Waals surface area contributed by atoms with Gasteiger partial charge >= 0.3 is 0 Å². The zero-order chi connectivity index (χ0) is 14.6. The molecule has 1 fully saturated rings. The second kappa shape index (κ2) is 4.81. The number of rotatable bonds is 2. The maximum Gasteiger partial charge on any atom is 0.141 e. The summed E-state index contributed by atoms with van der Waals surface area (Å²) in [4.78, 5) is 8.15. The lowest BCUT2D eigenvalue weighted by Crippen LogP contribution is -2.26. The summed E-state index contributed by atoms with van der Waals surface area (Å²) < 4.78 is 11.7. The number of H-pyrrole nitrogens is 1. The van der Waals surface area contributed by atoms with Crippen LogP contribution >= 0.6 is 22.6 Å². The first-order valence-electron chi connectivity index (χ1n) is 6.83. The molecule has 6 heteroatoms. The fourth-order valence-electron chi connectivity index (χ4n) is 2.72. The zero-order valence-electron chi connectivity index (χ0n) is 11.7. The predicted octanol–water partition coefficient (Wildman–Crippen LogP) is 3.55. The van der Waals surface area contributed by atoms with Crippen LogP contribution in [0.1, 0.15) is 23.2 Å². The van der Waals surface area contributed by atoms with Crippen LogP contribution in [0.3, 0.4) is 0 Å². The van der Waals surface area contributed by atoms with E-state index in [0.29, 0.717) is 5.92 Å². The molecule has 0 atom stereocenters. The Morgan fingerprint density at radius 3 is 2.71 bits per heavy atom. The van der Waals surface area contributed by atoms with Crippen LogP contribution in [0.2, 0.25) is 0 Å². The number of benzene rings is 1. The molecule has 1 N–H and O–H groups in total. The number of halogens is 1. The van der Waals surface area contributed by atoms with Crippen LogP contribution in [0.25, 0.3) is 22.2 Å². The second-order valence-electron chi connectivity index (χ2n) is 5.41. The first-order chi connectivity index (χ1) is 10.1. The Balaban J connectivity index is 1.88. The van der Waals surface area contributed by atoms with Gasteiger partial charge in [0.2, 0.25) is 0 Å². The van der Waals surface area contributed by atoms with E-state index in [0.717, 1.165) is 56.2 Å². The van der Waals surface area contributed by atoms with E-state index in [1.807, 2.05) is 13.8 Å². The topological polar surface area (TPSA) is 63.9 Å². The standard InChI is InChI=1S/C15H14IN3O2/c1-7-13(8(2)21-19-7)9-3-11(16)14-12(4-9)17-15(18-14)10-5-20-6-10/h3-4,10H,5-6H2,1-2H3,(H,17,18). The molecule has 0 saturated carbocycles. The van der Waals surface area contributed by atoms with Crippen molar-refractivity contribution in [3.05, 3.63) is 33.0 Å². The van der Waals surface area contributed by atoms with Crippen LogP contribution in [0.5, 0.6) is 0 Å². The number of aromatic amines is 1. The third-order valence-corrected chi connectivity index (χ3v) is 4.73. The van der Waals surface area contributed by atoms with E-state index in [2.05, 4.69) is 44.9 Å². The van der Waals surface area contributed by atoms with Gasteiger partial charge in [-0.05, 0) is 54.1 Å². The Morgan fingerprint density at radius 1 is 1.29 bits per heavy atom. The van der Waals surface area contributed by atoms with Gasteiger partial charge < -0.3 is 14.2 Å². The molecule has 0 bridgehead atoms. The van der Waals surface area contributed by atoms with E-state index in [1.165, 1.54) is 0 Å². The normalized spacial score (nSPS) is 15.6. The van der Waals surface area contributed by atoms with E-state index < -0.39 is 0 Å². The Hall–Kier alpha value is -1.41. The molecule has 0 radical (unpaired) electrons. The van der Waals surface area contributed by atoms with Crippen molar-refractivity contribution >= 4 is 33.6 Å². The maximum atomic E-state index is 5.28. The average molecular weight is 395 g/mol. The molecule has 5 nitrogen and oxygen atoms in total. The summed E-state index contributed by atoms with van der Waals surface area (Å²) >= 11 is 2.33. The van der Waals surface area contributed by atoms with Gasteiger partial charge in [-0.25, -0.2) is 4.98 Å². The predicted molar refractivity (Wildman–Crippen MR) is 87.3 cm³/mol. The molecule has 1 aromatic carbocycles. The lowest BCUT2D eigenvalue weighted by atomic mass is 10.0. The van der Waals surface area contributed by atoms with E-state index in [1.54, 1.807) is 0 Å². The van der Waals surface area contributed by atoms with Crippen molar-refractivity contribution in [1.82, 2.24) is 15.1 Å². The number of ether oxygens (including phenoxy) is 1. The van der Waals surface area contributed by atoms with Gasteiger partial charge in [-0.3, -0.25) is 0 Å². The number of fused-ring (bicyclic) bond motifs is 1. The molecule has 4 rings (SSSR count). The van der Waals surface area contributed by atoms with Gasteiger partial charge in [-0.1, -0.05) is 5.16 Å². The molecule has 1 aliphatic rings. The summed E-state index contributed by atoms with van der Waals surface area (Å²) in [5.74, 6) is 2.26. The van der Waals surface area contributed by atoms with Crippen LogP contribution in [0.15, 0.2) is 16.7 Å². The molecule has 2 aromatic heterocycles. The van der Waals surface area contributed by atoms with Gasteiger partial charge in [0.25, 0.3) is 0 Å². The van der Waals surface area contributed by atoms with Gasteiger partial charge in [0.1, 0.15) is 17.1 Å². The van der Waals surface area contributed by atoms with Crippen molar-refractivity contribution in [2.75, 3.05) is 13.2 Å². The fourth-order valence-corrected chi connectivity index (χ4v) is 3.47. The first kappa shape index (κ1) is 13.3. The summed E-state index contributed by atoms with van der Waals surface area (Å²) in [6, 6.07) is 4.26. The van der Waals surface area contributed by atoms with Crippen LogP contribution in [0.4, 0.5) is 0 Å². The Bertz CT molecular complexity index is 813. The number of aromatic nitrogens is 3. The average Bonchev–Trinajstić information content (AvgIpc) is 2.91. The van der Waals surface area contributed by atoms with E-state index in [9.17, 15) is 0 Å². The summed E-state index contributed by atoms with van der Waals surface area (Å²) in [7, 11) is 0. The summed E-state index contributed by atoms with van der Waals surface area (Å²) in [6.07, 6.45) is 0. The van der Waals surface area contributed by atoms with E-state index in [4.69, 9.17) is 14.2 Å². The maximum absolute atomic E-state index is 5.28. The summed E-state index contributed by atoms with van der Waals surface area (Å²) in [5.41, 5.74) is 5.17. The zero-order valence-corrected chi connectivity index (χ0v) is 13.9. The Labute approximate surface area is 135 Å². The van der Waals surface area contributed by atoms with Crippen molar-refractivity contribution in [2.24, 2.45) is 0 Å². The monoisotopic (exact) mass is 395 g/mol. The van der Waals surface area contributed by atoms with Crippen LogP contribution in [-0.4, -0.2) is 28.3 Å². The minimum Gasteiger partial charge on any atom is -0.380 e. The number of nitrogens with one attached hydrogen (secondary N) is 1. The van der Waals surface area contributed by atoms with Gasteiger partial charge in [0.05, 0.1) is 30.3 Å². The van der Waals surface area contributed by atoms with Gasteiger partial charge in [0, 0.05) is 9.13 Å². The smallest absolute Gasteiger partial charge is 0.141 e. The molecule has 21 heavy (non-hydrogen) atoms. The van der Waals surface area contributed by atoms with Crippen molar-refractivity contribution in [3.63, 3.8) is 0 Å². The molecule has 0 unspecified atom stereocenters. The van der Waals surface area contributed by atoms with Gasteiger partial charge in [-0.2, -0.15) is 0 Å². The molecule has 0 aliphatic carbocycles. The lowest BCUT2D eigenvalue weighted by Gasteiger charge is -2.23. The third kappa shape index (κ3) is 2.08. The van der Waals surface area contributed by atoms with Crippen LogP contribution in [-0.2, 0) is 4.74 Å². The molecule has 1 saturated heterocycles. The van der Waals surface area contributed by atoms with Crippen molar-refractivity contribution in [3.8, 4) is 11.1 Å².